The zero-order valence-electron chi connectivity index (χ0n) is 14.8. The summed E-state index contributed by atoms with van der Waals surface area (Å²) in [6, 6.07) is 0. The van der Waals surface area contributed by atoms with E-state index in [-0.39, 0.29) is 17.4 Å². The highest BCUT2D eigenvalue weighted by molar-refractivity contribution is 7.20. The number of fused-ring (bicyclic) bond motifs is 1. The second-order valence-corrected chi connectivity index (χ2v) is 7.71. The molecular weight excluding hydrogens is 340 g/mol. The lowest BCUT2D eigenvalue weighted by atomic mass is 10.2. The molecule has 136 valence electrons. The molecule has 7 nitrogen and oxygen atoms in total. The summed E-state index contributed by atoms with van der Waals surface area (Å²) in [5, 5.41) is 3.81. The fourth-order valence-corrected chi connectivity index (χ4v) is 3.91. The molecule has 0 bridgehead atoms. The van der Waals surface area contributed by atoms with E-state index in [0.29, 0.717) is 33.2 Å². The van der Waals surface area contributed by atoms with Gasteiger partial charge in [-0.3, -0.25) is 9.78 Å². The van der Waals surface area contributed by atoms with Gasteiger partial charge in [0.2, 0.25) is 5.95 Å². The van der Waals surface area contributed by atoms with E-state index in [1.54, 1.807) is 6.92 Å². The first-order valence-corrected chi connectivity index (χ1v) is 9.45. The van der Waals surface area contributed by atoms with Crippen LogP contribution in [0.2, 0.25) is 0 Å². The van der Waals surface area contributed by atoms with Crippen LogP contribution in [-0.2, 0) is 4.74 Å². The number of anilines is 1. The van der Waals surface area contributed by atoms with Gasteiger partial charge in [0.1, 0.15) is 9.71 Å². The molecule has 0 spiro atoms. The van der Waals surface area contributed by atoms with Crippen molar-refractivity contribution in [1.29, 1.82) is 0 Å². The summed E-state index contributed by atoms with van der Waals surface area (Å²) in [6.07, 6.45) is 0.998. The van der Waals surface area contributed by atoms with Crippen molar-refractivity contribution < 1.29 is 9.53 Å². The van der Waals surface area contributed by atoms with E-state index in [1.807, 2.05) is 13.8 Å². The Morgan fingerprint density at radius 2 is 2.16 bits per heavy atom. The van der Waals surface area contributed by atoms with Crippen LogP contribution < -0.4 is 15.8 Å². The Bertz CT molecular complexity index is 819. The topological polar surface area (TPSA) is 87.3 Å². The average molecular weight is 364 g/mol. The van der Waals surface area contributed by atoms with E-state index in [2.05, 4.69) is 20.2 Å². The average Bonchev–Trinajstić information content (AvgIpc) is 2.76. The summed E-state index contributed by atoms with van der Waals surface area (Å²) in [4.78, 5) is 35.5. The number of aromatic amines is 1. The molecule has 1 fully saturated rings. The molecule has 0 aliphatic carbocycles. The normalized spacial score (nSPS) is 15.6. The third-order valence-corrected chi connectivity index (χ3v) is 5.33. The molecule has 0 saturated carbocycles. The van der Waals surface area contributed by atoms with Gasteiger partial charge in [0, 0.05) is 19.6 Å². The largest absolute Gasteiger partial charge is 0.461 e. The molecule has 1 saturated heterocycles. The second-order valence-electron chi connectivity index (χ2n) is 6.71. The van der Waals surface area contributed by atoms with E-state index in [9.17, 15) is 9.59 Å². The number of nitrogens with zero attached hydrogens (tertiary/aromatic N) is 2. The van der Waals surface area contributed by atoms with Crippen LogP contribution in [0.5, 0.6) is 0 Å². The molecule has 2 aromatic rings. The number of ether oxygens (including phenoxy) is 1. The van der Waals surface area contributed by atoms with Crippen molar-refractivity contribution in [2.45, 2.75) is 27.2 Å². The minimum atomic E-state index is -0.380. The Labute approximate surface area is 150 Å². The van der Waals surface area contributed by atoms with Crippen LogP contribution in [-0.4, -0.2) is 48.7 Å². The van der Waals surface area contributed by atoms with Gasteiger partial charge in [0.05, 0.1) is 12.0 Å². The van der Waals surface area contributed by atoms with Crippen LogP contribution in [0.3, 0.4) is 0 Å². The number of carbonyl (C=O) groups excluding carboxylic acids is 1. The van der Waals surface area contributed by atoms with Gasteiger partial charge in [0.15, 0.2) is 0 Å². The molecule has 8 heteroatoms. The molecule has 1 aliphatic heterocycles. The number of esters is 1. The molecule has 1 aliphatic rings. The van der Waals surface area contributed by atoms with Crippen molar-refractivity contribution in [3.05, 3.63) is 20.8 Å². The fourth-order valence-electron chi connectivity index (χ4n) is 2.84. The molecule has 0 unspecified atom stereocenters. The summed E-state index contributed by atoms with van der Waals surface area (Å²) in [5.41, 5.74) is 0.445. The van der Waals surface area contributed by atoms with Gasteiger partial charge < -0.3 is 15.0 Å². The maximum absolute atomic E-state index is 12.6. The fraction of sp³-hybridized carbons (Fsp3) is 0.588. The van der Waals surface area contributed by atoms with Gasteiger partial charge in [-0.1, -0.05) is 13.8 Å². The summed E-state index contributed by atoms with van der Waals surface area (Å²) in [7, 11) is 0. The zero-order chi connectivity index (χ0) is 18.0. The number of rotatable bonds is 4. The first-order valence-electron chi connectivity index (χ1n) is 8.63. The van der Waals surface area contributed by atoms with Gasteiger partial charge in [-0.2, -0.15) is 0 Å². The lowest BCUT2D eigenvalue weighted by Crippen LogP contribution is -2.31. The van der Waals surface area contributed by atoms with E-state index in [1.165, 1.54) is 11.3 Å². The van der Waals surface area contributed by atoms with Gasteiger partial charge in [-0.15, -0.1) is 11.3 Å². The molecule has 3 heterocycles. The molecule has 2 N–H and O–H groups in total. The molecule has 0 amide bonds. The Morgan fingerprint density at radius 1 is 1.36 bits per heavy atom. The summed E-state index contributed by atoms with van der Waals surface area (Å²) < 4.78 is 5.32. The van der Waals surface area contributed by atoms with Crippen LogP contribution in [0, 0.1) is 12.8 Å². The number of aryl methyl sites for hydroxylation is 1. The van der Waals surface area contributed by atoms with Gasteiger partial charge in [0.25, 0.3) is 5.56 Å². The second kappa shape index (κ2) is 7.53. The molecule has 25 heavy (non-hydrogen) atoms. The molecule has 0 atom stereocenters. The van der Waals surface area contributed by atoms with E-state index in [0.717, 1.165) is 32.6 Å². The minimum Gasteiger partial charge on any atom is -0.461 e. The van der Waals surface area contributed by atoms with Crippen LogP contribution in [0.4, 0.5) is 5.95 Å². The van der Waals surface area contributed by atoms with Crippen LogP contribution in [0.25, 0.3) is 10.2 Å². The SMILES string of the molecule is Cc1c(C(=O)OCC(C)C)sc2nc(N3CCCNCC3)[nH]c(=O)c12. The highest BCUT2D eigenvalue weighted by Gasteiger charge is 2.22. The number of hydrogen-bond donors (Lipinski definition) is 2. The molecular formula is C17H24N4O3S. The number of hydrogen-bond acceptors (Lipinski definition) is 7. The molecule has 0 radical (unpaired) electrons. The van der Waals surface area contributed by atoms with E-state index in [4.69, 9.17) is 4.74 Å². The first-order chi connectivity index (χ1) is 12.0. The summed E-state index contributed by atoms with van der Waals surface area (Å²) in [5.74, 6) is 0.460. The number of thiophene rings is 1. The highest BCUT2D eigenvalue weighted by Crippen LogP contribution is 2.28. The standard InChI is InChI=1S/C17H24N4O3S/c1-10(2)9-24-16(23)13-11(3)12-14(22)19-17(20-15(12)25-13)21-7-4-5-18-6-8-21/h10,18H,4-9H2,1-3H3,(H,19,20,22). The number of aromatic nitrogens is 2. The Hall–Kier alpha value is -1.93. The molecule has 2 aromatic heterocycles. The molecule has 3 rings (SSSR count). The highest BCUT2D eigenvalue weighted by atomic mass is 32.1. The third kappa shape index (κ3) is 3.85. The van der Waals surface area contributed by atoms with Crippen molar-refractivity contribution in [2.24, 2.45) is 5.92 Å². The van der Waals surface area contributed by atoms with Crippen LogP contribution in [0.1, 0.15) is 35.5 Å². The smallest absolute Gasteiger partial charge is 0.348 e. The zero-order valence-corrected chi connectivity index (χ0v) is 15.7. The lowest BCUT2D eigenvalue weighted by Gasteiger charge is -2.19. The summed E-state index contributed by atoms with van der Waals surface area (Å²) >= 11 is 1.23. The number of nitrogens with one attached hydrogen (secondary N) is 2. The number of carbonyl (C=O) groups is 1. The maximum atomic E-state index is 12.6. The predicted octanol–water partition coefficient (Wildman–Crippen LogP) is 1.91. The van der Waals surface area contributed by atoms with Gasteiger partial charge in [-0.05, 0) is 31.4 Å². The summed E-state index contributed by atoms with van der Waals surface area (Å²) in [6.45, 7) is 9.57. The van der Waals surface area contributed by atoms with Crippen molar-refractivity contribution in [3.8, 4) is 0 Å². The van der Waals surface area contributed by atoms with Crippen molar-refractivity contribution in [2.75, 3.05) is 37.7 Å². The first kappa shape index (κ1) is 17.9. The quantitative estimate of drug-likeness (QED) is 0.806. The monoisotopic (exact) mass is 364 g/mol. The van der Waals surface area contributed by atoms with Gasteiger partial charge >= 0.3 is 5.97 Å². The minimum absolute atomic E-state index is 0.200. The van der Waals surface area contributed by atoms with Crippen LogP contribution in [0.15, 0.2) is 4.79 Å². The van der Waals surface area contributed by atoms with E-state index >= 15 is 0 Å². The molecule has 0 aromatic carbocycles. The van der Waals surface area contributed by atoms with Crippen molar-refractivity contribution >= 4 is 33.5 Å². The van der Waals surface area contributed by atoms with Gasteiger partial charge in [-0.25, -0.2) is 9.78 Å². The van der Waals surface area contributed by atoms with Crippen LogP contribution >= 0.6 is 11.3 Å². The number of H-pyrrole nitrogens is 1. The van der Waals surface area contributed by atoms with Crippen molar-refractivity contribution in [1.82, 2.24) is 15.3 Å². The lowest BCUT2D eigenvalue weighted by molar-refractivity contribution is 0.0464. The third-order valence-electron chi connectivity index (χ3n) is 4.16. The Balaban J connectivity index is 1.95. The van der Waals surface area contributed by atoms with Crippen molar-refractivity contribution in [3.63, 3.8) is 0 Å². The van der Waals surface area contributed by atoms with E-state index < -0.39 is 0 Å². The predicted molar refractivity (Wildman–Crippen MR) is 99.8 cm³/mol. The Morgan fingerprint density at radius 3 is 2.92 bits per heavy atom. The maximum Gasteiger partial charge on any atom is 0.348 e. The Kier molecular flexibility index (Phi) is 5.39.